The lowest BCUT2D eigenvalue weighted by molar-refractivity contribution is -0.162. The number of hydrogen-bond acceptors (Lipinski definition) is 4. The van der Waals surface area contributed by atoms with Gasteiger partial charge in [-0.1, -0.05) is 25.2 Å². The molecule has 0 bridgehead atoms. The quantitative estimate of drug-likeness (QED) is 0.680. The van der Waals surface area contributed by atoms with Crippen LogP contribution in [0, 0.1) is 17.3 Å². The van der Waals surface area contributed by atoms with Gasteiger partial charge >= 0.3 is 0 Å². The molecule has 0 radical (unpaired) electrons. The van der Waals surface area contributed by atoms with E-state index in [1.807, 2.05) is 32.1 Å². The summed E-state index contributed by atoms with van der Waals surface area (Å²) in [5.41, 5.74) is 0.183. The number of ketones is 1. The van der Waals surface area contributed by atoms with Gasteiger partial charge < -0.3 is 14.9 Å². The van der Waals surface area contributed by atoms with E-state index >= 15 is 0 Å². The number of carbonyl (C=O) groups is 1. The average Bonchev–Trinajstić information content (AvgIpc) is 2.37. The van der Waals surface area contributed by atoms with Gasteiger partial charge in [-0.05, 0) is 12.5 Å². The van der Waals surface area contributed by atoms with Gasteiger partial charge in [0.1, 0.15) is 5.78 Å². The lowest BCUT2D eigenvalue weighted by Gasteiger charge is -2.51. The molecule has 6 atom stereocenters. The van der Waals surface area contributed by atoms with E-state index in [1.54, 1.807) is 0 Å². The third-order valence-corrected chi connectivity index (χ3v) is 4.97. The van der Waals surface area contributed by atoms with Crippen molar-refractivity contribution in [3.63, 3.8) is 0 Å². The Morgan fingerprint density at radius 3 is 2.84 bits per heavy atom. The van der Waals surface area contributed by atoms with Crippen molar-refractivity contribution in [2.45, 2.75) is 38.6 Å². The van der Waals surface area contributed by atoms with Crippen LogP contribution in [-0.4, -0.2) is 40.9 Å². The minimum Gasteiger partial charge on any atom is -0.390 e. The molecular weight excluding hydrogens is 244 g/mol. The Bertz CT molecular complexity index is 467. The maximum Gasteiger partial charge on any atom is 0.144 e. The molecule has 4 heteroatoms. The molecule has 1 aliphatic heterocycles. The Balaban J connectivity index is 2.11. The monoisotopic (exact) mass is 264 g/mol. The molecule has 2 N–H and O–H groups in total. The maximum atomic E-state index is 12.4. The highest BCUT2D eigenvalue weighted by atomic mass is 16.5. The summed E-state index contributed by atoms with van der Waals surface area (Å²) >= 11 is 0. The first-order valence-electron chi connectivity index (χ1n) is 6.87. The fraction of sp³-hybridized carbons (Fsp3) is 0.667. The number of fused-ring (bicyclic) bond motifs is 3. The Hall–Kier alpha value is -0.970. The third kappa shape index (κ3) is 1.67. The summed E-state index contributed by atoms with van der Waals surface area (Å²) < 4.78 is 5.69. The fourth-order valence-electron chi connectivity index (χ4n) is 3.76. The van der Waals surface area contributed by atoms with E-state index in [0.29, 0.717) is 13.0 Å². The second-order valence-electron chi connectivity index (χ2n) is 6.09. The molecule has 0 spiro atoms. The normalized spacial score (nSPS) is 49.4. The van der Waals surface area contributed by atoms with Crippen LogP contribution in [0.5, 0.6) is 0 Å². The molecule has 1 fully saturated rings. The van der Waals surface area contributed by atoms with Crippen molar-refractivity contribution in [3.8, 4) is 0 Å². The van der Waals surface area contributed by atoms with Crippen molar-refractivity contribution in [2.24, 2.45) is 17.3 Å². The number of allylic oxidation sites excluding steroid dienone is 1. The molecule has 1 heterocycles. The first-order valence-corrected chi connectivity index (χ1v) is 6.87. The van der Waals surface area contributed by atoms with Crippen molar-refractivity contribution in [1.29, 1.82) is 0 Å². The number of aliphatic hydroxyl groups is 2. The van der Waals surface area contributed by atoms with Gasteiger partial charge in [0.25, 0.3) is 0 Å². The highest BCUT2D eigenvalue weighted by Gasteiger charge is 2.56. The topological polar surface area (TPSA) is 66.8 Å². The molecule has 2 aliphatic carbocycles. The van der Waals surface area contributed by atoms with Crippen molar-refractivity contribution < 1.29 is 19.7 Å². The Labute approximate surface area is 112 Å². The van der Waals surface area contributed by atoms with E-state index in [-0.39, 0.29) is 23.7 Å². The van der Waals surface area contributed by atoms with Crippen LogP contribution < -0.4 is 0 Å². The van der Waals surface area contributed by atoms with Crippen LogP contribution in [0.4, 0.5) is 0 Å². The Morgan fingerprint density at radius 1 is 1.37 bits per heavy atom. The van der Waals surface area contributed by atoms with Crippen molar-refractivity contribution in [2.75, 3.05) is 6.61 Å². The van der Waals surface area contributed by atoms with Crippen LogP contribution in [0.3, 0.4) is 0 Å². The van der Waals surface area contributed by atoms with Crippen LogP contribution in [0.15, 0.2) is 23.8 Å². The molecular formula is C15H20O4. The zero-order valence-electron chi connectivity index (χ0n) is 11.2. The van der Waals surface area contributed by atoms with Crippen molar-refractivity contribution in [3.05, 3.63) is 23.8 Å². The second-order valence-corrected chi connectivity index (χ2v) is 6.09. The van der Waals surface area contributed by atoms with Gasteiger partial charge in [0.15, 0.2) is 0 Å². The number of Topliss-reactive ketones (excluding diaryl/α,β-unsaturated/α-hetero) is 1. The van der Waals surface area contributed by atoms with Crippen LogP contribution in [-0.2, 0) is 9.53 Å². The SMILES string of the molecule is C[C@@H]1C=C2C=CC3OCCC(=O)[C@]3(C)[C@H]2[C@@H](O)[C@H]1O. The highest BCUT2D eigenvalue weighted by molar-refractivity contribution is 5.87. The molecule has 1 unspecified atom stereocenters. The largest absolute Gasteiger partial charge is 0.390 e. The molecule has 0 amide bonds. The standard InChI is InChI=1S/C15H20O4/c1-8-7-9-3-4-11-15(2,10(16)5-6-19-11)12(9)14(18)13(8)17/h3-4,7-8,11-14,17-18H,5-6H2,1-2H3/t8-,11?,12-,13+,14-,15+/m1/s1. The van der Waals surface area contributed by atoms with Gasteiger partial charge in [0, 0.05) is 18.3 Å². The molecule has 4 nitrogen and oxygen atoms in total. The summed E-state index contributed by atoms with van der Waals surface area (Å²) in [6, 6.07) is 0. The maximum absolute atomic E-state index is 12.4. The molecule has 0 aromatic carbocycles. The van der Waals surface area contributed by atoms with Gasteiger partial charge in [0.2, 0.25) is 0 Å². The van der Waals surface area contributed by atoms with Gasteiger partial charge in [-0.15, -0.1) is 0 Å². The van der Waals surface area contributed by atoms with E-state index in [0.717, 1.165) is 5.57 Å². The van der Waals surface area contributed by atoms with Crippen LogP contribution in [0.1, 0.15) is 20.3 Å². The molecule has 19 heavy (non-hydrogen) atoms. The summed E-state index contributed by atoms with van der Waals surface area (Å²) in [7, 11) is 0. The average molecular weight is 264 g/mol. The minimum absolute atomic E-state index is 0.106. The van der Waals surface area contributed by atoms with Gasteiger partial charge in [-0.25, -0.2) is 0 Å². The Kier molecular flexibility index (Phi) is 2.93. The van der Waals surface area contributed by atoms with Gasteiger partial charge in [-0.2, -0.15) is 0 Å². The predicted molar refractivity (Wildman–Crippen MR) is 69.4 cm³/mol. The van der Waals surface area contributed by atoms with Gasteiger partial charge in [-0.3, -0.25) is 4.79 Å². The third-order valence-electron chi connectivity index (χ3n) is 4.97. The van der Waals surface area contributed by atoms with Crippen LogP contribution in [0.25, 0.3) is 0 Å². The molecule has 3 aliphatic rings. The highest BCUT2D eigenvalue weighted by Crippen LogP contribution is 2.50. The number of rotatable bonds is 0. The summed E-state index contributed by atoms with van der Waals surface area (Å²) in [4.78, 5) is 12.4. The van der Waals surface area contributed by atoms with E-state index < -0.39 is 17.6 Å². The zero-order chi connectivity index (χ0) is 13.8. The Morgan fingerprint density at radius 2 is 2.11 bits per heavy atom. The summed E-state index contributed by atoms with van der Waals surface area (Å²) in [5, 5.41) is 20.5. The number of ether oxygens (including phenoxy) is 1. The number of carbonyl (C=O) groups excluding carboxylic acids is 1. The minimum atomic E-state index is -0.918. The van der Waals surface area contributed by atoms with Crippen molar-refractivity contribution in [1.82, 2.24) is 0 Å². The molecule has 3 rings (SSSR count). The molecule has 0 aromatic heterocycles. The molecule has 0 saturated carbocycles. The smallest absolute Gasteiger partial charge is 0.144 e. The van der Waals surface area contributed by atoms with E-state index in [2.05, 4.69) is 0 Å². The number of hydrogen-bond donors (Lipinski definition) is 2. The van der Waals surface area contributed by atoms with Crippen LogP contribution in [0.2, 0.25) is 0 Å². The fourth-order valence-corrected chi connectivity index (χ4v) is 3.76. The van der Waals surface area contributed by atoms with Crippen LogP contribution >= 0.6 is 0 Å². The lowest BCUT2D eigenvalue weighted by atomic mass is 9.57. The van der Waals surface area contributed by atoms with Gasteiger partial charge in [0.05, 0.1) is 30.3 Å². The van der Waals surface area contributed by atoms with E-state index in [9.17, 15) is 15.0 Å². The molecule has 0 aromatic rings. The molecule has 1 saturated heterocycles. The summed E-state index contributed by atoms with van der Waals surface area (Å²) in [6.45, 7) is 4.16. The van der Waals surface area contributed by atoms with Crippen molar-refractivity contribution >= 4 is 5.78 Å². The summed E-state index contributed by atoms with van der Waals surface area (Å²) in [6.07, 6.45) is 4.14. The second kappa shape index (κ2) is 4.27. The van der Waals surface area contributed by atoms with E-state index in [1.165, 1.54) is 0 Å². The lowest BCUT2D eigenvalue weighted by Crippen LogP contribution is -2.59. The molecule has 104 valence electrons. The first-order chi connectivity index (χ1) is 8.96. The van der Waals surface area contributed by atoms with E-state index in [4.69, 9.17) is 4.74 Å². The predicted octanol–water partition coefficient (Wildman–Crippen LogP) is 0.835. The number of aliphatic hydroxyl groups excluding tert-OH is 2. The summed E-state index contributed by atoms with van der Waals surface area (Å²) in [5.74, 6) is -0.364. The zero-order valence-corrected chi connectivity index (χ0v) is 11.2. The first kappa shape index (κ1) is 13.0.